The first-order valence-electron chi connectivity index (χ1n) is 3.34. The number of nitrogens with one attached hydrogen (secondary N) is 1. The van der Waals surface area contributed by atoms with Gasteiger partial charge in [0.15, 0.2) is 0 Å². The Morgan fingerprint density at radius 1 is 1.56 bits per heavy atom. The van der Waals surface area contributed by atoms with Crippen molar-refractivity contribution >= 4 is 5.84 Å². The van der Waals surface area contributed by atoms with Crippen molar-refractivity contribution in [2.45, 2.75) is 20.3 Å². The van der Waals surface area contributed by atoms with Crippen LogP contribution < -0.4 is 5.32 Å². The lowest BCUT2D eigenvalue weighted by Gasteiger charge is -2.05. The normalized spacial score (nSPS) is 12.3. The first kappa shape index (κ1) is 8.47. The predicted molar refractivity (Wildman–Crippen MR) is 41.9 cm³/mol. The van der Waals surface area contributed by atoms with Gasteiger partial charge in [0.25, 0.3) is 0 Å². The second-order valence-electron chi connectivity index (χ2n) is 2.52. The largest absolute Gasteiger partial charge is 0.377 e. The minimum Gasteiger partial charge on any atom is -0.377 e. The molecule has 0 aromatic heterocycles. The van der Waals surface area contributed by atoms with Gasteiger partial charge in [-0.2, -0.15) is 0 Å². The molecule has 54 valence electrons. The fraction of sp³-hybridized carbons (Fsp3) is 0.857. The standard InChI is InChI=1S/C7H16N2/c1-6(2)5-7(8-3)9-4/h6H,5H2,1-4H3,(H,8,9). The van der Waals surface area contributed by atoms with E-state index in [1.165, 1.54) is 0 Å². The zero-order valence-electron chi connectivity index (χ0n) is 6.73. The highest BCUT2D eigenvalue weighted by atomic mass is 14.9. The summed E-state index contributed by atoms with van der Waals surface area (Å²) in [5.41, 5.74) is 0. The smallest absolute Gasteiger partial charge is 0.0959 e. The topological polar surface area (TPSA) is 24.4 Å². The second-order valence-corrected chi connectivity index (χ2v) is 2.52. The molecule has 1 N–H and O–H groups in total. The van der Waals surface area contributed by atoms with Gasteiger partial charge in [-0.15, -0.1) is 0 Å². The minimum absolute atomic E-state index is 0.691. The maximum absolute atomic E-state index is 4.05. The summed E-state index contributed by atoms with van der Waals surface area (Å²) in [5.74, 6) is 1.78. The van der Waals surface area contributed by atoms with Crippen molar-refractivity contribution < 1.29 is 0 Å². The first-order chi connectivity index (χ1) is 4.20. The third kappa shape index (κ3) is 4.01. The maximum atomic E-state index is 4.05. The summed E-state index contributed by atoms with van der Waals surface area (Å²) in [7, 11) is 3.72. The van der Waals surface area contributed by atoms with Gasteiger partial charge in [0.2, 0.25) is 0 Å². The predicted octanol–water partition coefficient (Wildman–Crippen LogP) is 1.28. The third-order valence-electron chi connectivity index (χ3n) is 1.16. The highest BCUT2D eigenvalue weighted by Crippen LogP contribution is 1.98. The van der Waals surface area contributed by atoms with Crippen LogP contribution in [0.4, 0.5) is 0 Å². The SMILES string of the molecule is CN=C(CC(C)C)NC. The number of rotatable bonds is 2. The van der Waals surface area contributed by atoms with Crippen molar-refractivity contribution in [3.05, 3.63) is 0 Å². The van der Waals surface area contributed by atoms with Gasteiger partial charge in [0.1, 0.15) is 0 Å². The van der Waals surface area contributed by atoms with Crippen LogP contribution in [0.2, 0.25) is 0 Å². The highest BCUT2D eigenvalue weighted by Gasteiger charge is 1.97. The minimum atomic E-state index is 0.691. The van der Waals surface area contributed by atoms with Crippen LogP contribution in [0, 0.1) is 5.92 Å². The Morgan fingerprint density at radius 3 is 2.22 bits per heavy atom. The van der Waals surface area contributed by atoms with Crippen molar-refractivity contribution in [1.29, 1.82) is 0 Å². The Balaban J connectivity index is 3.58. The monoisotopic (exact) mass is 128 g/mol. The Morgan fingerprint density at radius 2 is 2.11 bits per heavy atom. The molecule has 0 aromatic carbocycles. The number of hydrogen-bond acceptors (Lipinski definition) is 1. The fourth-order valence-corrected chi connectivity index (χ4v) is 0.692. The van der Waals surface area contributed by atoms with E-state index < -0.39 is 0 Å². The Kier molecular flexibility index (Phi) is 4.10. The number of hydrogen-bond donors (Lipinski definition) is 1. The molecule has 0 saturated carbocycles. The number of amidine groups is 1. The molecule has 0 fully saturated rings. The molecule has 0 spiro atoms. The molecule has 9 heavy (non-hydrogen) atoms. The van der Waals surface area contributed by atoms with Crippen LogP contribution in [0.1, 0.15) is 20.3 Å². The molecule has 0 heterocycles. The van der Waals surface area contributed by atoms with Crippen LogP contribution in [0.25, 0.3) is 0 Å². The lowest BCUT2D eigenvalue weighted by atomic mass is 10.1. The van der Waals surface area contributed by atoms with E-state index in [4.69, 9.17) is 0 Å². The molecule has 0 radical (unpaired) electrons. The lowest BCUT2D eigenvalue weighted by Crippen LogP contribution is -2.19. The number of nitrogens with zero attached hydrogens (tertiary/aromatic N) is 1. The molecule has 0 aromatic rings. The zero-order chi connectivity index (χ0) is 7.28. The molecule has 0 bridgehead atoms. The summed E-state index contributed by atoms with van der Waals surface area (Å²) in [5, 5.41) is 3.03. The molecular formula is C7H16N2. The van der Waals surface area contributed by atoms with Crippen LogP contribution in [0.3, 0.4) is 0 Å². The van der Waals surface area contributed by atoms with Crippen molar-refractivity contribution in [2.75, 3.05) is 14.1 Å². The first-order valence-corrected chi connectivity index (χ1v) is 3.34. The Bertz CT molecular complexity index is 95.1. The molecule has 0 aliphatic rings. The molecule has 0 saturated heterocycles. The molecule has 0 atom stereocenters. The summed E-state index contributed by atoms with van der Waals surface area (Å²) in [6.07, 6.45) is 1.05. The van der Waals surface area contributed by atoms with E-state index in [1.807, 2.05) is 14.1 Å². The molecule has 0 aliphatic heterocycles. The molecular weight excluding hydrogens is 112 g/mol. The van der Waals surface area contributed by atoms with E-state index in [0.717, 1.165) is 12.3 Å². The lowest BCUT2D eigenvalue weighted by molar-refractivity contribution is 0.673. The van der Waals surface area contributed by atoms with E-state index in [9.17, 15) is 0 Å². The van der Waals surface area contributed by atoms with E-state index in [0.29, 0.717) is 5.92 Å². The van der Waals surface area contributed by atoms with Crippen molar-refractivity contribution in [1.82, 2.24) is 5.32 Å². The maximum Gasteiger partial charge on any atom is 0.0959 e. The van der Waals surface area contributed by atoms with Gasteiger partial charge in [0, 0.05) is 20.5 Å². The van der Waals surface area contributed by atoms with Crippen LogP contribution in [-0.4, -0.2) is 19.9 Å². The van der Waals surface area contributed by atoms with E-state index in [-0.39, 0.29) is 0 Å². The molecule has 2 heteroatoms. The van der Waals surface area contributed by atoms with E-state index >= 15 is 0 Å². The van der Waals surface area contributed by atoms with Crippen LogP contribution in [0.15, 0.2) is 4.99 Å². The van der Waals surface area contributed by atoms with Gasteiger partial charge >= 0.3 is 0 Å². The third-order valence-corrected chi connectivity index (χ3v) is 1.16. The quantitative estimate of drug-likeness (QED) is 0.439. The summed E-state index contributed by atoms with van der Waals surface area (Å²) in [4.78, 5) is 4.05. The highest BCUT2D eigenvalue weighted by molar-refractivity contribution is 5.81. The molecule has 2 nitrogen and oxygen atoms in total. The van der Waals surface area contributed by atoms with Gasteiger partial charge in [-0.05, 0) is 5.92 Å². The van der Waals surface area contributed by atoms with Crippen LogP contribution in [0.5, 0.6) is 0 Å². The van der Waals surface area contributed by atoms with Crippen LogP contribution >= 0.6 is 0 Å². The summed E-state index contributed by atoms with van der Waals surface area (Å²) in [6.45, 7) is 4.37. The van der Waals surface area contributed by atoms with Gasteiger partial charge in [-0.25, -0.2) is 0 Å². The molecule has 0 aliphatic carbocycles. The van der Waals surface area contributed by atoms with Crippen LogP contribution in [-0.2, 0) is 0 Å². The second kappa shape index (κ2) is 4.36. The van der Waals surface area contributed by atoms with Gasteiger partial charge in [-0.3, -0.25) is 4.99 Å². The molecule has 0 amide bonds. The zero-order valence-corrected chi connectivity index (χ0v) is 6.73. The average molecular weight is 128 g/mol. The van der Waals surface area contributed by atoms with E-state index in [2.05, 4.69) is 24.2 Å². The fourth-order valence-electron chi connectivity index (χ4n) is 0.692. The summed E-state index contributed by atoms with van der Waals surface area (Å²) in [6, 6.07) is 0. The Hall–Kier alpha value is -0.530. The van der Waals surface area contributed by atoms with Gasteiger partial charge in [0.05, 0.1) is 5.84 Å². The van der Waals surface area contributed by atoms with Gasteiger partial charge < -0.3 is 5.32 Å². The summed E-state index contributed by atoms with van der Waals surface area (Å²) >= 11 is 0. The van der Waals surface area contributed by atoms with Gasteiger partial charge in [-0.1, -0.05) is 13.8 Å². The summed E-state index contributed by atoms with van der Waals surface area (Å²) < 4.78 is 0. The molecule has 0 unspecified atom stereocenters. The van der Waals surface area contributed by atoms with Crippen molar-refractivity contribution in [3.8, 4) is 0 Å². The van der Waals surface area contributed by atoms with E-state index in [1.54, 1.807) is 0 Å². The average Bonchev–Trinajstić information content (AvgIpc) is 1.82. The molecule has 0 rings (SSSR count). The van der Waals surface area contributed by atoms with Crippen molar-refractivity contribution in [2.24, 2.45) is 10.9 Å². The van der Waals surface area contributed by atoms with Crippen molar-refractivity contribution in [3.63, 3.8) is 0 Å². The Labute approximate surface area is 57.4 Å². The number of aliphatic imine (C=N–C) groups is 1.